The zero-order chi connectivity index (χ0) is 14.5. The fourth-order valence-electron chi connectivity index (χ4n) is 2.00. The van der Waals surface area contributed by atoms with Gasteiger partial charge in [0.2, 0.25) is 0 Å². The molecule has 1 nitrogen and oxygen atoms in total. The summed E-state index contributed by atoms with van der Waals surface area (Å²) in [6.45, 7) is 3.56. The molecule has 0 atom stereocenters. The molecule has 0 aliphatic heterocycles. The number of rotatable bonds is 5. The van der Waals surface area contributed by atoms with E-state index in [4.69, 9.17) is 0 Å². The molecule has 0 saturated carbocycles. The normalized spacial score (nSPS) is 10.3. The van der Waals surface area contributed by atoms with Crippen molar-refractivity contribution >= 4 is 6.29 Å². The zero-order valence-corrected chi connectivity index (χ0v) is 10.9. The number of benzene rings is 2. The predicted octanol–water partition coefficient (Wildman–Crippen LogP) is 4.56. The summed E-state index contributed by atoms with van der Waals surface area (Å²) in [5.74, 6) is -1.67. The minimum atomic E-state index is -0.856. The quantitative estimate of drug-likeness (QED) is 0.576. The van der Waals surface area contributed by atoms with Crippen molar-refractivity contribution in [3.63, 3.8) is 0 Å². The molecule has 0 N–H and O–H groups in total. The summed E-state index contributed by atoms with van der Waals surface area (Å²) in [5.41, 5.74) is 1.58. The lowest BCUT2D eigenvalue weighted by molar-refractivity contribution is 0.112. The van der Waals surface area contributed by atoms with Crippen LogP contribution in [0.2, 0.25) is 0 Å². The summed E-state index contributed by atoms with van der Waals surface area (Å²) < 4.78 is 28.0. The van der Waals surface area contributed by atoms with Crippen LogP contribution in [-0.2, 0) is 6.42 Å². The molecule has 0 radical (unpaired) electrons. The summed E-state index contributed by atoms with van der Waals surface area (Å²) in [4.78, 5) is 10.6. The highest BCUT2D eigenvalue weighted by atomic mass is 19.2. The minimum absolute atomic E-state index is 0.197. The molecule has 2 aromatic rings. The van der Waals surface area contributed by atoms with E-state index in [-0.39, 0.29) is 5.56 Å². The lowest BCUT2D eigenvalue weighted by atomic mass is 10.00. The van der Waals surface area contributed by atoms with Crippen molar-refractivity contribution in [2.45, 2.75) is 12.8 Å². The molecule has 0 unspecified atom stereocenters. The van der Waals surface area contributed by atoms with Crippen molar-refractivity contribution in [1.82, 2.24) is 0 Å². The second kappa shape index (κ2) is 6.24. The second-order valence-electron chi connectivity index (χ2n) is 4.47. The topological polar surface area (TPSA) is 17.1 Å². The van der Waals surface area contributed by atoms with E-state index in [1.54, 1.807) is 42.5 Å². The van der Waals surface area contributed by atoms with Crippen molar-refractivity contribution in [2.24, 2.45) is 0 Å². The van der Waals surface area contributed by atoms with Crippen LogP contribution in [0.3, 0.4) is 0 Å². The predicted molar refractivity (Wildman–Crippen MR) is 75.7 cm³/mol. The number of aldehydes is 1. The maximum atomic E-state index is 14.1. The fraction of sp³-hybridized carbons (Fsp3) is 0.118. The van der Waals surface area contributed by atoms with Crippen molar-refractivity contribution in [3.8, 4) is 11.1 Å². The SMILES string of the molecule is C=CCCc1ccc(-c2ccc(C=O)cc2)c(F)c1F. The molecule has 0 aliphatic carbocycles. The lowest BCUT2D eigenvalue weighted by Crippen LogP contribution is -1.97. The van der Waals surface area contributed by atoms with Gasteiger partial charge in [0.15, 0.2) is 11.6 Å². The third-order valence-corrected chi connectivity index (χ3v) is 3.14. The number of halogens is 2. The highest BCUT2D eigenvalue weighted by Gasteiger charge is 2.14. The van der Waals surface area contributed by atoms with E-state index >= 15 is 0 Å². The molecule has 0 amide bonds. The van der Waals surface area contributed by atoms with Gasteiger partial charge in [0.25, 0.3) is 0 Å². The molecule has 3 heteroatoms. The number of hydrogen-bond acceptors (Lipinski definition) is 1. The average Bonchev–Trinajstić information content (AvgIpc) is 2.49. The van der Waals surface area contributed by atoms with E-state index in [0.29, 0.717) is 35.8 Å². The van der Waals surface area contributed by atoms with Gasteiger partial charge in [0, 0.05) is 11.1 Å². The summed E-state index contributed by atoms with van der Waals surface area (Å²) in [6.07, 6.45) is 3.41. The molecule has 0 aromatic heterocycles. The van der Waals surface area contributed by atoms with Crippen LogP contribution in [0.5, 0.6) is 0 Å². The van der Waals surface area contributed by atoms with Crippen molar-refractivity contribution in [1.29, 1.82) is 0 Å². The van der Waals surface area contributed by atoms with Crippen LogP contribution >= 0.6 is 0 Å². The van der Waals surface area contributed by atoms with Gasteiger partial charge in [-0.3, -0.25) is 4.79 Å². The van der Waals surface area contributed by atoms with Crippen LogP contribution in [0, 0.1) is 11.6 Å². The smallest absolute Gasteiger partial charge is 0.166 e. The Morgan fingerprint density at radius 2 is 1.70 bits per heavy atom. The van der Waals surface area contributed by atoms with Gasteiger partial charge in [0.05, 0.1) is 0 Å². The first-order valence-electron chi connectivity index (χ1n) is 6.30. The molecule has 2 rings (SSSR count). The van der Waals surface area contributed by atoms with Crippen LogP contribution in [0.25, 0.3) is 11.1 Å². The molecule has 102 valence electrons. The van der Waals surface area contributed by atoms with Gasteiger partial charge in [-0.15, -0.1) is 6.58 Å². The Balaban J connectivity index is 2.39. The van der Waals surface area contributed by atoms with Crippen LogP contribution < -0.4 is 0 Å². The fourth-order valence-corrected chi connectivity index (χ4v) is 2.00. The van der Waals surface area contributed by atoms with Crippen molar-refractivity contribution in [2.75, 3.05) is 0 Å². The van der Waals surface area contributed by atoms with E-state index in [1.165, 1.54) is 0 Å². The first kappa shape index (κ1) is 14.1. The van der Waals surface area contributed by atoms with Gasteiger partial charge in [-0.1, -0.05) is 42.5 Å². The van der Waals surface area contributed by atoms with Crippen molar-refractivity contribution < 1.29 is 13.6 Å². The summed E-state index contributed by atoms with van der Waals surface area (Å²) in [5, 5.41) is 0. The lowest BCUT2D eigenvalue weighted by Gasteiger charge is -2.08. The maximum Gasteiger partial charge on any atom is 0.166 e. The number of aryl methyl sites for hydroxylation is 1. The molecule has 0 heterocycles. The van der Waals surface area contributed by atoms with Gasteiger partial charge in [0.1, 0.15) is 6.29 Å². The molecule has 0 spiro atoms. The number of carbonyl (C=O) groups is 1. The number of hydrogen-bond donors (Lipinski definition) is 0. The Kier molecular flexibility index (Phi) is 4.41. The van der Waals surface area contributed by atoms with Crippen LogP contribution in [0.15, 0.2) is 49.1 Å². The van der Waals surface area contributed by atoms with E-state index in [2.05, 4.69) is 6.58 Å². The molecule has 0 aliphatic rings. The van der Waals surface area contributed by atoms with Gasteiger partial charge in [-0.25, -0.2) is 8.78 Å². The van der Waals surface area contributed by atoms with Gasteiger partial charge in [-0.2, -0.15) is 0 Å². The van der Waals surface area contributed by atoms with Gasteiger partial charge in [-0.05, 0) is 24.0 Å². The first-order valence-corrected chi connectivity index (χ1v) is 6.30. The highest BCUT2D eigenvalue weighted by Crippen LogP contribution is 2.27. The Bertz CT molecular complexity index is 630. The standard InChI is InChI=1S/C17H14F2O/c1-2-3-4-14-9-10-15(17(19)16(14)18)13-7-5-12(11-20)6-8-13/h2,5-11H,1,3-4H2. The van der Waals surface area contributed by atoms with E-state index in [1.807, 2.05) is 0 Å². The second-order valence-corrected chi connectivity index (χ2v) is 4.47. The Labute approximate surface area is 116 Å². The van der Waals surface area contributed by atoms with E-state index in [0.717, 1.165) is 0 Å². The summed E-state index contributed by atoms with van der Waals surface area (Å²) in [6, 6.07) is 9.50. The largest absolute Gasteiger partial charge is 0.298 e. The average molecular weight is 272 g/mol. The molecule has 2 aromatic carbocycles. The highest BCUT2D eigenvalue weighted by molar-refractivity contribution is 5.77. The molecular formula is C17H14F2O. The number of carbonyl (C=O) groups excluding carboxylic acids is 1. The van der Waals surface area contributed by atoms with Crippen molar-refractivity contribution in [3.05, 3.63) is 71.8 Å². The Morgan fingerprint density at radius 1 is 1.00 bits per heavy atom. The number of allylic oxidation sites excluding steroid dienone is 1. The van der Waals surface area contributed by atoms with E-state index in [9.17, 15) is 13.6 Å². The van der Waals surface area contributed by atoms with Crippen LogP contribution in [0.4, 0.5) is 8.78 Å². The molecule has 0 fully saturated rings. The Hall–Kier alpha value is -2.29. The molecule has 0 saturated heterocycles. The van der Waals surface area contributed by atoms with Gasteiger partial charge >= 0.3 is 0 Å². The molecule has 20 heavy (non-hydrogen) atoms. The van der Waals surface area contributed by atoms with E-state index < -0.39 is 11.6 Å². The molecule has 0 bridgehead atoms. The monoisotopic (exact) mass is 272 g/mol. The maximum absolute atomic E-state index is 14.1. The minimum Gasteiger partial charge on any atom is -0.298 e. The Morgan fingerprint density at radius 3 is 2.30 bits per heavy atom. The summed E-state index contributed by atoms with van der Waals surface area (Å²) >= 11 is 0. The third-order valence-electron chi connectivity index (χ3n) is 3.14. The van der Waals surface area contributed by atoms with Crippen LogP contribution in [0.1, 0.15) is 22.3 Å². The molecular weight excluding hydrogens is 258 g/mol. The third kappa shape index (κ3) is 2.82. The zero-order valence-electron chi connectivity index (χ0n) is 10.9. The summed E-state index contributed by atoms with van der Waals surface area (Å²) in [7, 11) is 0. The van der Waals surface area contributed by atoms with Gasteiger partial charge < -0.3 is 0 Å². The van der Waals surface area contributed by atoms with Crippen LogP contribution in [-0.4, -0.2) is 6.29 Å². The first-order chi connectivity index (χ1) is 9.67.